The summed E-state index contributed by atoms with van der Waals surface area (Å²) >= 11 is 0. The molecule has 2 heteroatoms. The van der Waals surface area contributed by atoms with E-state index in [1.54, 1.807) is 13.1 Å². The smallest absolute Gasteiger partial charge is 0.146 e. The van der Waals surface area contributed by atoms with Gasteiger partial charge in [-0.05, 0) is 79.9 Å². The van der Waals surface area contributed by atoms with Crippen molar-refractivity contribution in [1.29, 1.82) is 0 Å². The molecule has 2 saturated carbocycles. The van der Waals surface area contributed by atoms with E-state index in [1.807, 2.05) is 6.07 Å². The molecule has 2 aliphatic rings. The number of hydrogen-bond acceptors (Lipinski definition) is 1. The SMILES string of the molecule is CCCCCC1CCC(C2CCC(c3ccc(NC)c(F)c3)CC2)CC1. The normalized spacial score (nSPS) is 29.5. The van der Waals surface area contributed by atoms with Crippen LogP contribution in [0.5, 0.6) is 0 Å². The Morgan fingerprint density at radius 2 is 1.58 bits per heavy atom. The highest BCUT2D eigenvalue weighted by Gasteiger charge is 2.31. The Bertz CT molecular complexity index is 539. The summed E-state index contributed by atoms with van der Waals surface area (Å²) < 4.78 is 14.1. The Kier molecular flexibility index (Phi) is 7.40. The fourth-order valence-electron chi connectivity index (χ4n) is 5.54. The highest BCUT2D eigenvalue weighted by atomic mass is 19.1. The van der Waals surface area contributed by atoms with E-state index in [9.17, 15) is 4.39 Å². The molecule has 2 aliphatic carbocycles. The summed E-state index contributed by atoms with van der Waals surface area (Å²) in [7, 11) is 1.78. The van der Waals surface area contributed by atoms with Gasteiger partial charge >= 0.3 is 0 Å². The van der Waals surface area contributed by atoms with Gasteiger partial charge < -0.3 is 5.32 Å². The maximum Gasteiger partial charge on any atom is 0.146 e. The Morgan fingerprint density at radius 1 is 0.923 bits per heavy atom. The van der Waals surface area contributed by atoms with Crippen molar-refractivity contribution in [2.24, 2.45) is 17.8 Å². The second-order valence-corrected chi connectivity index (χ2v) is 8.88. The molecule has 1 aromatic rings. The number of anilines is 1. The molecule has 0 aromatic heterocycles. The molecule has 3 rings (SSSR count). The van der Waals surface area contributed by atoms with E-state index in [0.29, 0.717) is 11.6 Å². The van der Waals surface area contributed by atoms with Crippen LogP contribution in [-0.2, 0) is 0 Å². The maximum atomic E-state index is 14.1. The van der Waals surface area contributed by atoms with Crippen molar-refractivity contribution in [3.63, 3.8) is 0 Å². The molecule has 146 valence electrons. The van der Waals surface area contributed by atoms with E-state index in [2.05, 4.69) is 18.3 Å². The maximum absolute atomic E-state index is 14.1. The van der Waals surface area contributed by atoms with Gasteiger partial charge in [0.25, 0.3) is 0 Å². The first kappa shape index (κ1) is 19.7. The molecule has 2 fully saturated rings. The number of halogens is 1. The van der Waals surface area contributed by atoms with Crippen molar-refractivity contribution >= 4 is 5.69 Å². The first-order valence-corrected chi connectivity index (χ1v) is 11.2. The van der Waals surface area contributed by atoms with Gasteiger partial charge in [-0.2, -0.15) is 0 Å². The summed E-state index contributed by atoms with van der Waals surface area (Å²) in [6.45, 7) is 2.30. The van der Waals surface area contributed by atoms with Gasteiger partial charge in [-0.1, -0.05) is 51.5 Å². The lowest BCUT2D eigenvalue weighted by atomic mass is 9.68. The molecule has 1 N–H and O–H groups in total. The zero-order chi connectivity index (χ0) is 18.4. The highest BCUT2D eigenvalue weighted by molar-refractivity contribution is 5.46. The Morgan fingerprint density at radius 3 is 2.15 bits per heavy atom. The van der Waals surface area contributed by atoms with Gasteiger partial charge in [0.1, 0.15) is 5.82 Å². The fourth-order valence-corrected chi connectivity index (χ4v) is 5.54. The van der Waals surface area contributed by atoms with Crippen molar-refractivity contribution in [1.82, 2.24) is 0 Å². The first-order valence-electron chi connectivity index (χ1n) is 11.2. The van der Waals surface area contributed by atoms with E-state index in [1.165, 1.54) is 82.6 Å². The molecular weight excluding hydrogens is 321 g/mol. The average Bonchev–Trinajstić information content (AvgIpc) is 2.69. The summed E-state index contributed by atoms with van der Waals surface area (Å²) in [5.74, 6) is 3.39. The van der Waals surface area contributed by atoms with Crippen molar-refractivity contribution in [3.05, 3.63) is 29.6 Å². The zero-order valence-corrected chi connectivity index (χ0v) is 16.9. The van der Waals surface area contributed by atoms with Gasteiger partial charge in [0.2, 0.25) is 0 Å². The minimum atomic E-state index is -0.103. The van der Waals surface area contributed by atoms with Crippen LogP contribution in [0.3, 0.4) is 0 Å². The van der Waals surface area contributed by atoms with Gasteiger partial charge in [-0.25, -0.2) is 4.39 Å². The summed E-state index contributed by atoms with van der Waals surface area (Å²) in [6.07, 6.45) is 16.8. The third-order valence-electron chi connectivity index (χ3n) is 7.28. The van der Waals surface area contributed by atoms with Crippen molar-refractivity contribution < 1.29 is 4.39 Å². The second kappa shape index (κ2) is 9.76. The van der Waals surface area contributed by atoms with Gasteiger partial charge in [-0.15, -0.1) is 0 Å². The van der Waals surface area contributed by atoms with Crippen LogP contribution >= 0.6 is 0 Å². The lowest BCUT2D eigenvalue weighted by Gasteiger charge is -2.38. The van der Waals surface area contributed by atoms with Crippen LogP contribution in [0.2, 0.25) is 0 Å². The van der Waals surface area contributed by atoms with Crippen LogP contribution in [-0.4, -0.2) is 7.05 Å². The first-order chi connectivity index (χ1) is 12.7. The summed E-state index contributed by atoms with van der Waals surface area (Å²) in [4.78, 5) is 0. The molecule has 1 aromatic carbocycles. The lowest BCUT2D eigenvalue weighted by molar-refractivity contribution is 0.155. The van der Waals surface area contributed by atoms with Crippen molar-refractivity contribution in [3.8, 4) is 0 Å². The van der Waals surface area contributed by atoms with Gasteiger partial charge in [0.15, 0.2) is 0 Å². The Labute approximate surface area is 160 Å². The molecule has 0 atom stereocenters. The highest BCUT2D eigenvalue weighted by Crippen LogP contribution is 2.44. The van der Waals surface area contributed by atoms with E-state index >= 15 is 0 Å². The molecule has 26 heavy (non-hydrogen) atoms. The summed E-state index contributed by atoms with van der Waals surface area (Å²) in [5, 5.41) is 2.92. The lowest BCUT2D eigenvalue weighted by Crippen LogP contribution is -2.25. The average molecular weight is 360 g/mol. The van der Waals surface area contributed by atoms with Gasteiger partial charge in [0, 0.05) is 7.05 Å². The van der Waals surface area contributed by atoms with E-state index in [4.69, 9.17) is 0 Å². The molecular formula is C24H38FN. The number of rotatable bonds is 7. The van der Waals surface area contributed by atoms with Gasteiger partial charge in [0.05, 0.1) is 5.69 Å². The molecule has 0 amide bonds. The zero-order valence-electron chi connectivity index (χ0n) is 16.9. The molecule has 0 bridgehead atoms. The number of benzene rings is 1. The number of unbranched alkanes of at least 4 members (excludes halogenated alkanes) is 2. The Hall–Kier alpha value is -1.05. The minimum Gasteiger partial charge on any atom is -0.386 e. The third-order valence-corrected chi connectivity index (χ3v) is 7.28. The monoisotopic (exact) mass is 359 g/mol. The molecule has 0 radical (unpaired) electrons. The summed E-state index contributed by atoms with van der Waals surface area (Å²) in [5.41, 5.74) is 1.82. The fraction of sp³-hybridized carbons (Fsp3) is 0.750. The van der Waals surface area contributed by atoms with Crippen LogP contribution in [0, 0.1) is 23.6 Å². The largest absolute Gasteiger partial charge is 0.386 e. The minimum absolute atomic E-state index is 0.103. The van der Waals surface area contributed by atoms with Crippen molar-refractivity contribution in [2.75, 3.05) is 12.4 Å². The quantitative estimate of drug-likeness (QED) is 0.496. The van der Waals surface area contributed by atoms with E-state index in [-0.39, 0.29) is 5.82 Å². The number of nitrogens with one attached hydrogen (secondary N) is 1. The standard InChI is InChI=1S/C24H38FN/c1-3-4-5-6-18-7-9-19(10-8-18)20-11-13-21(14-12-20)22-15-16-24(26-2)23(25)17-22/h15-21,26H,3-14H2,1-2H3. The predicted octanol–water partition coefficient (Wildman–Crippen LogP) is 7.53. The van der Waals surface area contributed by atoms with E-state index < -0.39 is 0 Å². The van der Waals surface area contributed by atoms with Crippen molar-refractivity contribution in [2.45, 2.75) is 89.9 Å². The molecule has 0 aliphatic heterocycles. The molecule has 1 nitrogen and oxygen atoms in total. The van der Waals surface area contributed by atoms with Crippen LogP contribution in [0.15, 0.2) is 18.2 Å². The second-order valence-electron chi connectivity index (χ2n) is 8.88. The molecule has 0 heterocycles. The predicted molar refractivity (Wildman–Crippen MR) is 110 cm³/mol. The van der Waals surface area contributed by atoms with Crippen LogP contribution < -0.4 is 5.32 Å². The van der Waals surface area contributed by atoms with Crippen LogP contribution in [0.1, 0.15) is 95.5 Å². The molecule has 0 unspecified atom stereocenters. The van der Waals surface area contributed by atoms with E-state index in [0.717, 1.165) is 17.8 Å². The summed E-state index contributed by atoms with van der Waals surface area (Å²) in [6, 6.07) is 5.79. The third kappa shape index (κ3) is 5.02. The van der Waals surface area contributed by atoms with Crippen LogP contribution in [0.25, 0.3) is 0 Å². The van der Waals surface area contributed by atoms with Gasteiger partial charge in [-0.3, -0.25) is 0 Å². The topological polar surface area (TPSA) is 12.0 Å². The Balaban J connectivity index is 1.43. The molecule has 0 spiro atoms. The van der Waals surface area contributed by atoms with Crippen LogP contribution in [0.4, 0.5) is 10.1 Å². The molecule has 0 saturated heterocycles. The number of hydrogen-bond donors (Lipinski definition) is 1.